The van der Waals surface area contributed by atoms with Gasteiger partial charge in [-0.2, -0.15) is 0 Å². The van der Waals surface area contributed by atoms with Crippen LogP contribution in [-0.4, -0.2) is 19.1 Å². The zero-order valence-corrected chi connectivity index (χ0v) is 8.93. The van der Waals surface area contributed by atoms with Gasteiger partial charge in [0.1, 0.15) is 5.75 Å². The van der Waals surface area contributed by atoms with Crippen molar-refractivity contribution >= 4 is 28.4 Å². The van der Waals surface area contributed by atoms with Gasteiger partial charge < -0.3 is 9.47 Å². The molecule has 1 rings (SSSR count). The van der Waals surface area contributed by atoms with Gasteiger partial charge >= 0.3 is 0 Å². The number of rotatable bonds is 4. The average Bonchev–Trinajstić information content (AvgIpc) is 2.14. The van der Waals surface area contributed by atoms with Crippen LogP contribution in [0, 0.1) is 0 Å². The van der Waals surface area contributed by atoms with E-state index in [0.717, 1.165) is 0 Å². The minimum Gasteiger partial charge on any atom is -0.468 e. The molecule has 0 heterocycles. The first-order valence-corrected chi connectivity index (χ1v) is 4.52. The maximum Gasteiger partial charge on any atom is 0.253 e. The van der Waals surface area contributed by atoms with E-state index in [1.807, 2.05) is 0 Å². The first-order chi connectivity index (χ1) is 6.65. The molecule has 0 atom stereocenters. The van der Waals surface area contributed by atoms with Gasteiger partial charge in [0, 0.05) is 7.11 Å². The van der Waals surface area contributed by atoms with E-state index in [1.54, 1.807) is 6.07 Å². The predicted molar refractivity (Wildman–Crippen MR) is 54.1 cm³/mol. The Morgan fingerprint density at radius 1 is 1.50 bits per heavy atom. The van der Waals surface area contributed by atoms with E-state index in [0.29, 0.717) is 5.75 Å². The highest BCUT2D eigenvalue weighted by molar-refractivity contribution is 6.68. The lowest BCUT2D eigenvalue weighted by Crippen LogP contribution is -1.99. The maximum atomic E-state index is 10.8. The molecule has 1 aromatic carbocycles. The van der Waals surface area contributed by atoms with Gasteiger partial charge in [-0.05, 0) is 29.8 Å². The van der Waals surface area contributed by atoms with Crippen molar-refractivity contribution in [3.05, 3.63) is 28.8 Å². The number of methoxy groups -OCH3 is 1. The summed E-state index contributed by atoms with van der Waals surface area (Å²) in [6, 6.07) is 4.61. The lowest BCUT2D eigenvalue weighted by atomic mass is 10.2. The van der Waals surface area contributed by atoms with Gasteiger partial charge in [-0.15, -0.1) is 0 Å². The summed E-state index contributed by atoms with van der Waals surface area (Å²) in [5.41, 5.74) is 0.262. The maximum absolute atomic E-state index is 10.8. The smallest absolute Gasteiger partial charge is 0.253 e. The standard InChI is InChI=1S/C9H8Cl2O3/c1-13-5-14-6-2-3-7(9(11)12)8(10)4-6/h2-4H,5H2,1H3. The molecule has 0 spiro atoms. The Hall–Kier alpha value is -0.770. The van der Waals surface area contributed by atoms with Crippen molar-refractivity contribution in [2.75, 3.05) is 13.9 Å². The summed E-state index contributed by atoms with van der Waals surface area (Å²) in [7, 11) is 1.51. The number of hydrogen-bond acceptors (Lipinski definition) is 3. The zero-order chi connectivity index (χ0) is 10.6. The molecule has 0 fully saturated rings. The molecule has 0 saturated heterocycles. The number of benzene rings is 1. The van der Waals surface area contributed by atoms with Crippen LogP contribution in [0.15, 0.2) is 18.2 Å². The van der Waals surface area contributed by atoms with Crippen molar-refractivity contribution in [2.45, 2.75) is 0 Å². The van der Waals surface area contributed by atoms with Crippen LogP contribution in [0.3, 0.4) is 0 Å². The van der Waals surface area contributed by atoms with E-state index in [4.69, 9.17) is 32.7 Å². The quantitative estimate of drug-likeness (QED) is 0.594. The first kappa shape index (κ1) is 11.3. The highest BCUT2D eigenvalue weighted by atomic mass is 35.5. The molecule has 3 nitrogen and oxygen atoms in total. The monoisotopic (exact) mass is 234 g/mol. The lowest BCUT2D eigenvalue weighted by Gasteiger charge is -2.05. The first-order valence-electron chi connectivity index (χ1n) is 3.76. The molecular formula is C9H8Cl2O3. The van der Waals surface area contributed by atoms with Gasteiger partial charge in [-0.3, -0.25) is 4.79 Å². The third-order valence-corrected chi connectivity index (χ3v) is 2.01. The van der Waals surface area contributed by atoms with Crippen LogP contribution >= 0.6 is 23.2 Å². The molecule has 0 saturated carbocycles. The van der Waals surface area contributed by atoms with Crippen LogP contribution in [0.1, 0.15) is 10.4 Å². The van der Waals surface area contributed by atoms with Gasteiger partial charge in [0.25, 0.3) is 5.24 Å². The molecule has 0 radical (unpaired) electrons. The molecule has 0 amide bonds. The van der Waals surface area contributed by atoms with Crippen LogP contribution in [0.4, 0.5) is 0 Å². The molecule has 5 heteroatoms. The third kappa shape index (κ3) is 2.87. The Balaban J connectivity index is 2.83. The van der Waals surface area contributed by atoms with Gasteiger partial charge in [0.2, 0.25) is 0 Å². The summed E-state index contributed by atoms with van der Waals surface area (Å²) in [5, 5.41) is -0.327. The van der Waals surface area contributed by atoms with Crippen LogP contribution in [0.25, 0.3) is 0 Å². The number of carbonyl (C=O) groups excluding carboxylic acids is 1. The molecule has 76 valence electrons. The van der Waals surface area contributed by atoms with Crippen molar-refractivity contribution in [1.82, 2.24) is 0 Å². The molecular weight excluding hydrogens is 227 g/mol. The highest BCUT2D eigenvalue weighted by Gasteiger charge is 2.08. The van der Waals surface area contributed by atoms with Crippen LogP contribution < -0.4 is 4.74 Å². The van der Waals surface area contributed by atoms with Gasteiger partial charge in [-0.25, -0.2) is 0 Å². The zero-order valence-electron chi connectivity index (χ0n) is 7.42. The normalized spacial score (nSPS) is 9.93. The summed E-state index contributed by atoms with van der Waals surface area (Å²) in [5.74, 6) is 0.526. The summed E-state index contributed by atoms with van der Waals surface area (Å²) in [6.07, 6.45) is 0. The molecule has 0 bridgehead atoms. The fourth-order valence-corrected chi connectivity index (χ4v) is 1.34. The largest absolute Gasteiger partial charge is 0.468 e. The number of hydrogen-bond donors (Lipinski definition) is 0. The minimum absolute atomic E-state index is 0.129. The SMILES string of the molecule is COCOc1ccc(C(=O)Cl)c(Cl)c1. The second-order valence-electron chi connectivity index (χ2n) is 2.47. The van der Waals surface area contributed by atoms with Crippen LogP contribution in [0.2, 0.25) is 5.02 Å². The molecule has 0 unspecified atom stereocenters. The average molecular weight is 235 g/mol. The van der Waals surface area contributed by atoms with E-state index < -0.39 is 5.24 Å². The molecule has 0 aliphatic carbocycles. The molecule has 0 N–H and O–H groups in total. The van der Waals surface area contributed by atoms with E-state index in [1.165, 1.54) is 19.2 Å². The van der Waals surface area contributed by atoms with Crippen LogP contribution in [-0.2, 0) is 4.74 Å². The van der Waals surface area contributed by atoms with E-state index in [9.17, 15) is 4.79 Å². The Kier molecular flexibility index (Phi) is 4.20. The van der Waals surface area contributed by atoms with Crippen molar-refractivity contribution in [3.8, 4) is 5.75 Å². The highest BCUT2D eigenvalue weighted by Crippen LogP contribution is 2.23. The Bertz CT molecular complexity index is 339. The predicted octanol–water partition coefficient (Wildman–Crippen LogP) is 2.70. The van der Waals surface area contributed by atoms with Crippen molar-refractivity contribution in [1.29, 1.82) is 0 Å². The second kappa shape index (κ2) is 5.20. The number of halogens is 2. The molecule has 0 aliphatic rings. The minimum atomic E-state index is -0.590. The van der Waals surface area contributed by atoms with Crippen molar-refractivity contribution in [3.63, 3.8) is 0 Å². The summed E-state index contributed by atoms with van der Waals surface area (Å²) < 4.78 is 9.81. The lowest BCUT2D eigenvalue weighted by molar-refractivity contribution is 0.0511. The molecule has 14 heavy (non-hydrogen) atoms. The third-order valence-electron chi connectivity index (χ3n) is 1.50. The van der Waals surface area contributed by atoms with Crippen molar-refractivity contribution in [2.24, 2.45) is 0 Å². The van der Waals surface area contributed by atoms with E-state index in [-0.39, 0.29) is 17.4 Å². The van der Waals surface area contributed by atoms with E-state index >= 15 is 0 Å². The summed E-state index contributed by atoms with van der Waals surface area (Å²) >= 11 is 11.1. The van der Waals surface area contributed by atoms with E-state index in [2.05, 4.69) is 0 Å². The summed E-state index contributed by atoms with van der Waals surface area (Å²) in [6.45, 7) is 0.129. The Morgan fingerprint density at radius 3 is 2.71 bits per heavy atom. The van der Waals surface area contributed by atoms with Gasteiger partial charge in [0.15, 0.2) is 6.79 Å². The molecule has 1 aromatic rings. The Morgan fingerprint density at radius 2 is 2.21 bits per heavy atom. The topological polar surface area (TPSA) is 35.5 Å². The van der Waals surface area contributed by atoms with Crippen LogP contribution in [0.5, 0.6) is 5.75 Å². The molecule has 0 aromatic heterocycles. The van der Waals surface area contributed by atoms with Gasteiger partial charge in [-0.1, -0.05) is 11.6 Å². The number of ether oxygens (including phenoxy) is 2. The fourth-order valence-electron chi connectivity index (χ4n) is 0.872. The van der Waals surface area contributed by atoms with Crippen molar-refractivity contribution < 1.29 is 14.3 Å². The number of carbonyl (C=O) groups is 1. The van der Waals surface area contributed by atoms with Gasteiger partial charge in [0.05, 0.1) is 10.6 Å². The fraction of sp³-hybridized carbons (Fsp3) is 0.222. The molecule has 0 aliphatic heterocycles. The second-order valence-corrected chi connectivity index (χ2v) is 3.22. The Labute approximate surface area is 91.5 Å². The summed E-state index contributed by atoms with van der Waals surface area (Å²) in [4.78, 5) is 10.8.